The second-order valence-electron chi connectivity index (χ2n) is 7.88. The molecule has 1 aliphatic carbocycles. The first-order chi connectivity index (χ1) is 13.8. The molecule has 1 saturated heterocycles. The monoisotopic (exact) mass is 375 g/mol. The number of pyridine rings is 2. The first kappa shape index (κ1) is 17.4. The molecule has 0 N–H and O–H groups in total. The van der Waals surface area contributed by atoms with Crippen LogP contribution in [0.1, 0.15) is 24.6 Å². The van der Waals surface area contributed by atoms with E-state index in [4.69, 9.17) is 4.74 Å². The third-order valence-corrected chi connectivity index (χ3v) is 6.05. The maximum Gasteiger partial charge on any atom is 0.213 e. The van der Waals surface area contributed by atoms with Crippen LogP contribution in [0.5, 0.6) is 5.88 Å². The number of fused-ring (bicyclic) bond motifs is 1. The summed E-state index contributed by atoms with van der Waals surface area (Å²) in [4.78, 5) is 11.4. The minimum Gasteiger partial charge on any atom is -0.472 e. The number of likely N-dealkylation sites (tertiary alicyclic amines) is 1. The van der Waals surface area contributed by atoms with Crippen molar-refractivity contribution >= 4 is 0 Å². The fourth-order valence-corrected chi connectivity index (χ4v) is 4.79. The quantitative estimate of drug-likeness (QED) is 0.685. The van der Waals surface area contributed by atoms with Crippen molar-refractivity contribution in [2.75, 3.05) is 13.1 Å². The van der Waals surface area contributed by atoms with E-state index in [0.717, 1.165) is 38.2 Å². The average molecular weight is 375 g/mol. The summed E-state index contributed by atoms with van der Waals surface area (Å²) in [7, 11) is 0. The molecule has 5 rings (SSSR count). The van der Waals surface area contributed by atoms with E-state index in [1.54, 1.807) is 6.20 Å². The highest BCUT2D eigenvalue weighted by Gasteiger charge is 2.44. The van der Waals surface area contributed by atoms with E-state index < -0.39 is 0 Å². The molecule has 144 valence electrons. The van der Waals surface area contributed by atoms with E-state index in [-0.39, 0.29) is 12.1 Å². The van der Waals surface area contributed by atoms with Gasteiger partial charge in [-0.15, -0.1) is 0 Å². The molecule has 2 fully saturated rings. The Bertz CT molecular complexity index is 870. The number of rotatable bonds is 5. The molecule has 2 aliphatic rings. The van der Waals surface area contributed by atoms with Gasteiger partial charge in [-0.1, -0.05) is 12.1 Å². The number of ether oxygens (including phenoxy) is 1. The molecule has 0 unspecified atom stereocenters. The van der Waals surface area contributed by atoms with Crippen molar-refractivity contribution in [1.29, 1.82) is 0 Å². The van der Waals surface area contributed by atoms with Gasteiger partial charge in [0.25, 0.3) is 0 Å². The number of nitrogens with zero attached hydrogens (tertiary/aromatic N) is 5. The van der Waals surface area contributed by atoms with Crippen molar-refractivity contribution in [2.45, 2.75) is 31.5 Å². The van der Waals surface area contributed by atoms with Crippen molar-refractivity contribution in [2.24, 2.45) is 11.8 Å². The summed E-state index contributed by atoms with van der Waals surface area (Å²) in [5.74, 6) is 2.01. The lowest BCUT2D eigenvalue weighted by Crippen LogP contribution is -2.40. The number of hydrogen-bond donors (Lipinski definition) is 0. The first-order valence-corrected chi connectivity index (χ1v) is 10.0. The van der Waals surface area contributed by atoms with E-state index in [1.807, 2.05) is 42.7 Å². The van der Waals surface area contributed by atoms with E-state index in [1.165, 1.54) is 0 Å². The molecule has 28 heavy (non-hydrogen) atoms. The Hall–Kier alpha value is -2.73. The molecule has 6 nitrogen and oxygen atoms in total. The van der Waals surface area contributed by atoms with Crippen molar-refractivity contribution < 1.29 is 4.74 Å². The zero-order valence-corrected chi connectivity index (χ0v) is 15.8. The number of hydrogen-bond acceptors (Lipinski definition) is 5. The smallest absolute Gasteiger partial charge is 0.213 e. The predicted molar refractivity (Wildman–Crippen MR) is 106 cm³/mol. The van der Waals surface area contributed by atoms with Gasteiger partial charge < -0.3 is 4.74 Å². The lowest BCUT2D eigenvalue weighted by atomic mass is 9.77. The zero-order chi connectivity index (χ0) is 18.8. The molecule has 0 spiro atoms. The van der Waals surface area contributed by atoms with Gasteiger partial charge in [0, 0.05) is 50.5 Å². The topological polar surface area (TPSA) is 56.1 Å². The van der Waals surface area contributed by atoms with Gasteiger partial charge in [-0.3, -0.25) is 14.6 Å². The average Bonchev–Trinajstić information content (AvgIpc) is 3.38. The minimum absolute atomic E-state index is 0.0888. The SMILES string of the molecule is c1ccc(CN2C[C@H]3C[C@H](Oc4ccccn4)[C@@H](n4cccn4)C[C@H]3C2)nc1. The van der Waals surface area contributed by atoms with E-state index in [0.29, 0.717) is 17.7 Å². The van der Waals surface area contributed by atoms with Crippen molar-refractivity contribution in [3.63, 3.8) is 0 Å². The van der Waals surface area contributed by atoms with Gasteiger partial charge >= 0.3 is 0 Å². The summed E-state index contributed by atoms with van der Waals surface area (Å²) >= 11 is 0. The Kier molecular flexibility index (Phi) is 4.79. The molecule has 6 heteroatoms. The van der Waals surface area contributed by atoms with Gasteiger partial charge in [0.15, 0.2) is 0 Å². The van der Waals surface area contributed by atoms with Crippen LogP contribution in [-0.2, 0) is 6.54 Å². The number of aromatic nitrogens is 4. The van der Waals surface area contributed by atoms with Gasteiger partial charge in [0.1, 0.15) is 6.10 Å². The summed E-state index contributed by atoms with van der Waals surface area (Å²) < 4.78 is 8.43. The summed E-state index contributed by atoms with van der Waals surface area (Å²) in [6.45, 7) is 3.15. The maximum absolute atomic E-state index is 6.35. The normalized spacial score (nSPS) is 27.4. The van der Waals surface area contributed by atoms with Crippen molar-refractivity contribution in [3.8, 4) is 5.88 Å². The molecule has 0 radical (unpaired) electrons. The second kappa shape index (κ2) is 7.72. The summed E-state index contributed by atoms with van der Waals surface area (Å²) in [5, 5.41) is 4.53. The molecule has 3 aromatic rings. The Morgan fingerprint density at radius 1 is 0.893 bits per heavy atom. The minimum atomic E-state index is 0.0888. The fraction of sp³-hybridized carbons (Fsp3) is 0.409. The standard InChI is InChI=1S/C22H25N5O/c1-3-8-23-19(6-1)16-26-14-17-12-20(27-11-5-10-25-27)21(13-18(17)15-26)28-22-7-2-4-9-24-22/h1-11,17-18,20-21H,12-16H2/t17-,18+,20-,21-/m0/s1. The highest BCUT2D eigenvalue weighted by Crippen LogP contribution is 2.42. The van der Waals surface area contributed by atoms with Crippen LogP contribution < -0.4 is 4.74 Å². The molecular formula is C22H25N5O. The molecule has 1 aliphatic heterocycles. The molecular weight excluding hydrogens is 350 g/mol. The molecule has 0 amide bonds. The fourth-order valence-electron chi connectivity index (χ4n) is 4.79. The first-order valence-electron chi connectivity index (χ1n) is 10.0. The van der Waals surface area contributed by atoms with Crippen LogP contribution in [-0.4, -0.2) is 43.8 Å². The highest BCUT2D eigenvalue weighted by atomic mass is 16.5. The van der Waals surface area contributed by atoms with Crippen molar-refractivity contribution in [1.82, 2.24) is 24.6 Å². The van der Waals surface area contributed by atoms with Crippen LogP contribution >= 0.6 is 0 Å². The highest BCUT2D eigenvalue weighted by molar-refractivity contribution is 5.11. The largest absolute Gasteiger partial charge is 0.472 e. The van der Waals surface area contributed by atoms with Gasteiger partial charge in [-0.25, -0.2) is 4.98 Å². The summed E-state index contributed by atoms with van der Waals surface area (Å²) in [5.41, 5.74) is 1.14. The van der Waals surface area contributed by atoms with Crippen LogP contribution in [0.4, 0.5) is 0 Å². The second-order valence-corrected chi connectivity index (χ2v) is 7.88. The van der Waals surface area contributed by atoms with Gasteiger partial charge in [-0.05, 0) is 48.9 Å². The van der Waals surface area contributed by atoms with Crippen molar-refractivity contribution in [3.05, 3.63) is 72.9 Å². The lowest BCUT2D eigenvalue weighted by molar-refractivity contribution is 0.0459. The Morgan fingerprint density at radius 3 is 2.43 bits per heavy atom. The molecule has 0 aromatic carbocycles. The molecule has 0 bridgehead atoms. The molecule has 4 heterocycles. The van der Waals surface area contributed by atoms with Crippen LogP contribution in [0.2, 0.25) is 0 Å². The van der Waals surface area contributed by atoms with Gasteiger partial charge in [-0.2, -0.15) is 5.10 Å². The Morgan fingerprint density at radius 2 is 1.71 bits per heavy atom. The third kappa shape index (κ3) is 3.64. The lowest BCUT2D eigenvalue weighted by Gasteiger charge is -2.37. The maximum atomic E-state index is 6.35. The van der Waals surface area contributed by atoms with Crippen LogP contribution in [0, 0.1) is 11.8 Å². The van der Waals surface area contributed by atoms with Crippen LogP contribution in [0.25, 0.3) is 0 Å². The van der Waals surface area contributed by atoms with E-state index in [2.05, 4.69) is 43.0 Å². The van der Waals surface area contributed by atoms with Crippen LogP contribution in [0.3, 0.4) is 0 Å². The predicted octanol–water partition coefficient (Wildman–Crippen LogP) is 3.20. The summed E-state index contributed by atoms with van der Waals surface area (Å²) in [6, 6.07) is 14.2. The zero-order valence-electron chi connectivity index (χ0n) is 15.8. The van der Waals surface area contributed by atoms with Gasteiger partial charge in [0.05, 0.1) is 11.7 Å². The molecule has 1 saturated carbocycles. The van der Waals surface area contributed by atoms with E-state index in [9.17, 15) is 0 Å². The van der Waals surface area contributed by atoms with E-state index >= 15 is 0 Å². The Labute approximate surface area is 165 Å². The molecule has 3 aromatic heterocycles. The van der Waals surface area contributed by atoms with Crippen LogP contribution in [0.15, 0.2) is 67.3 Å². The molecule has 4 atom stereocenters. The summed E-state index contributed by atoms with van der Waals surface area (Å²) in [6.07, 6.45) is 9.78. The Balaban J connectivity index is 1.32. The van der Waals surface area contributed by atoms with Gasteiger partial charge in [0.2, 0.25) is 5.88 Å². The third-order valence-electron chi connectivity index (χ3n) is 6.05.